The molecule has 1 aliphatic carbocycles. The molecule has 0 aliphatic heterocycles. The van der Waals surface area contributed by atoms with E-state index in [9.17, 15) is 0 Å². The number of nitrogens with zero attached hydrogens (tertiary/aromatic N) is 1. The molecule has 3 rings (SSSR count). The predicted octanol–water partition coefficient (Wildman–Crippen LogP) is 3.85. The zero-order valence-electron chi connectivity index (χ0n) is 12.5. The quantitative estimate of drug-likeness (QED) is 0.668. The lowest BCUT2D eigenvalue weighted by molar-refractivity contribution is 0.890. The number of anilines is 2. The molecule has 1 aliphatic rings. The fourth-order valence-electron chi connectivity index (χ4n) is 2.18. The Bertz CT molecular complexity index is 755. The minimum absolute atomic E-state index is 0.508. The molecular weight excluding hydrogens is 294 g/mol. The Labute approximate surface area is 135 Å². The van der Waals surface area contributed by atoms with Gasteiger partial charge in [-0.3, -0.25) is 4.98 Å². The number of pyridine rings is 1. The Hall–Kier alpha value is -2.18. The van der Waals surface area contributed by atoms with E-state index in [2.05, 4.69) is 22.1 Å². The highest BCUT2D eigenvalue weighted by molar-refractivity contribution is 6.35. The molecule has 0 radical (unpaired) electrons. The van der Waals surface area contributed by atoms with Crippen molar-refractivity contribution in [3.8, 4) is 11.8 Å². The minimum Gasteiger partial charge on any atom is -0.396 e. The van der Waals surface area contributed by atoms with E-state index in [1.165, 1.54) is 12.8 Å². The van der Waals surface area contributed by atoms with E-state index in [4.69, 9.17) is 17.3 Å². The number of aryl methyl sites for hydroxylation is 1. The van der Waals surface area contributed by atoms with Gasteiger partial charge in [0, 0.05) is 30.1 Å². The van der Waals surface area contributed by atoms with Crippen molar-refractivity contribution >= 4 is 23.0 Å². The molecule has 0 unspecified atom stereocenters. The van der Waals surface area contributed by atoms with Crippen LogP contribution in [0.4, 0.5) is 11.4 Å². The van der Waals surface area contributed by atoms with Crippen molar-refractivity contribution in [1.82, 2.24) is 4.98 Å². The number of hydrogen-bond acceptors (Lipinski definition) is 3. The van der Waals surface area contributed by atoms with Gasteiger partial charge >= 0.3 is 0 Å². The standard InChI is InChI=1S/C18H18ClN3/c1-12-8-14(10-21-9-12)4-5-15-6-7-16(18(20)17(15)19)22-11-13-2-3-13/h6-10,13,22H,2-3,11,20H2,1H3. The number of hydrogen-bond donors (Lipinski definition) is 2. The number of halogens is 1. The number of benzene rings is 1. The monoisotopic (exact) mass is 311 g/mol. The van der Waals surface area contributed by atoms with Crippen molar-refractivity contribution in [3.63, 3.8) is 0 Å². The van der Waals surface area contributed by atoms with Crippen LogP contribution in [0.2, 0.25) is 5.02 Å². The van der Waals surface area contributed by atoms with Gasteiger partial charge in [0.1, 0.15) is 0 Å². The first kappa shape index (κ1) is 14.7. The summed E-state index contributed by atoms with van der Waals surface area (Å²) >= 11 is 6.34. The molecule has 0 bridgehead atoms. The van der Waals surface area contributed by atoms with Crippen LogP contribution in [-0.2, 0) is 0 Å². The summed E-state index contributed by atoms with van der Waals surface area (Å²) in [6, 6.07) is 5.84. The molecule has 112 valence electrons. The normalized spacial score (nSPS) is 13.4. The maximum Gasteiger partial charge on any atom is 0.0813 e. The first-order chi connectivity index (χ1) is 10.6. The van der Waals surface area contributed by atoms with E-state index in [0.717, 1.165) is 34.8 Å². The molecule has 1 aromatic carbocycles. The highest BCUT2D eigenvalue weighted by Gasteiger charge is 2.21. The van der Waals surface area contributed by atoms with Crippen LogP contribution in [0.1, 0.15) is 29.5 Å². The highest BCUT2D eigenvalue weighted by atomic mass is 35.5. The predicted molar refractivity (Wildman–Crippen MR) is 92.0 cm³/mol. The number of nitrogen functional groups attached to an aromatic ring is 1. The van der Waals surface area contributed by atoms with E-state index in [1.54, 1.807) is 12.4 Å². The van der Waals surface area contributed by atoms with Crippen LogP contribution in [0.3, 0.4) is 0 Å². The van der Waals surface area contributed by atoms with Crippen LogP contribution in [0.5, 0.6) is 0 Å². The van der Waals surface area contributed by atoms with Gasteiger partial charge in [0.2, 0.25) is 0 Å². The summed E-state index contributed by atoms with van der Waals surface area (Å²) in [7, 11) is 0. The maximum absolute atomic E-state index is 6.34. The second-order valence-electron chi connectivity index (χ2n) is 5.71. The summed E-state index contributed by atoms with van der Waals surface area (Å²) in [5, 5.41) is 3.86. The van der Waals surface area contributed by atoms with Gasteiger partial charge in [0.15, 0.2) is 0 Å². The molecule has 4 heteroatoms. The van der Waals surface area contributed by atoms with Gasteiger partial charge in [-0.1, -0.05) is 23.4 Å². The molecule has 0 saturated heterocycles. The second kappa shape index (κ2) is 6.29. The molecule has 1 saturated carbocycles. The highest BCUT2D eigenvalue weighted by Crippen LogP contribution is 2.33. The van der Waals surface area contributed by atoms with Crippen molar-refractivity contribution in [2.45, 2.75) is 19.8 Å². The number of nitrogens with two attached hydrogens (primary N) is 1. The third-order valence-corrected chi connectivity index (χ3v) is 4.08. The molecular formula is C18H18ClN3. The Morgan fingerprint density at radius 2 is 2.14 bits per heavy atom. The largest absolute Gasteiger partial charge is 0.396 e. The Morgan fingerprint density at radius 3 is 2.86 bits per heavy atom. The molecule has 1 heterocycles. The number of rotatable bonds is 3. The minimum atomic E-state index is 0.508. The third-order valence-electron chi connectivity index (χ3n) is 3.67. The van der Waals surface area contributed by atoms with Gasteiger partial charge in [-0.05, 0) is 49.4 Å². The van der Waals surface area contributed by atoms with Crippen LogP contribution in [0.15, 0.2) is 30.6 Å². The smallest absolute Gasteiger partial charge is 0.0813 e. The molecule has 1 aromatic heterocycles. The van der Waals surface area contributed by atoms with E-state index >= 15 is 0 Å². The van der Waals surface area contributed by atoms with E-state index in [1.807, 2.05) is 25.1 Å². The molecule has 0 spiro atoms. The second-order valence-corrected chi connectivity index (χ2v) is 6.09. The molecule has 1 fully saturated rings. The van der Waals surface area contributed by atoms with Gasteiger partial charge in [-0.15, -0.1) is 0 Å². The third kappa shape index (κ3) is 3.52. The Morgan fingerprint density at radius 1 is 1.32 bits per heavy atom. The fraction of sp³-hybridized carbons (Fsp3) is 0.278. The topological polar surface area (TPSA) is 50.9 Å². The van der Waals surface area contributed by atoms with Gasteiger partial charge < -0.3 is 11.1 Å². The summed E-state index contributed by atoms with van der Waals surface area (Å²) in [5.74, 6) is 6.93. The van der Waals surface area contributed by atoms with E-state index in [-0.39, 0.29) is 0 Å². The maximum atomic E-state index is 6.34. The fourth-order valence-corrected chi connectivity index (χ4v) is 2.39. The zero-order chi connectivity index (χ0) is 15.5. The summed E-state index contributed by atoms with van der Waals surface area (Å²) in [4.78, 5) is 4.13. The van der Waals surface area contributed by atoms with Gasteiger partial charge in [0.05, 0.1) is 16.4 Å². The molecule has 3 N–H and O–H groups in total. The lowest BCUT2D eigenvalue weighted by Crippen LogP contribution is -2.06. The molecule has 22 heavy (non-hydrogen) atoms. The van der Waals surface area contributed by atoms with Crippen molar-refractivity contribution in [3.05, 3.63) is 52.3 Å². The summed E-state index contributed by atoms with van der Waals surface area (Å²) in [6.45, 7) is 2.95. The van der Waals surface area contributed by atoms with Gasteiger partial charge in [0.25, 0.3) is 0 Å². The number of nitrogens with one attached hydrogen (secondary N) is 1. The van der Waals surface area contributed by atoms with Crippen LogP contribution >= 0.6 is 11.6 Å². The first-order valence-corrected chi connectivity index (χ1v) is 7.77. The SMILES string of the molecule is Cc1cncc(C#Cc2ccc(NCC3CC3)c(N)c2Cl)c1. The van der Waals surface area contributed by atoms with Crippen LogP contribution in [-0.4, -0.2) is 11.5 Å². The van der Waals surface area contributed by atoms with Crippen molar-refractivity contribution in [2.24, 2.45) is 5.92 Å². The van der Waals surface area contributed by atoms with Gasteiger partial charge in [-0.2, -0.15) is 0 Å². The zero-order valence-corrected chi connectivity index (χ0v) is 13.2. The molecule has 2 aromatic rings. The summed E-state index contributed by atoms with van der Waals surface area (Å²) in [6.07, 6.45) is 6.14. The average Bonchev–Trinajstić information content (AvgIpc) is 3.32. The van der Waals surface area contributed by atoms with Crippen LogP contribution < -0.4 is 11.1 Å². The van der Waals surface area contributed by atoms with Crippen molar-refractivity contribution < 1.29 is 0 Å². The Kier molecular flexibility index (Phi) is 4.22. The van der Waals surface area contributed by atoms with E-state index in [0.29, 0.717) is 10.7 Å². The average molecular weight is 312 g/mol. The van der Waals surface area contributed by atoms with Crippen LogP contribution in [0, 0.1) is 24.7 Å². The van der Waals surface area contributed by atoms with E-state index < -0.39 is 0 Å². The lowest BCUT2D eigenvalue weighted by Gasteiger charge is -2.11. The van der Waals surface area contributed by atoms with Gasteiger partial charge in [-0.25, -0.2) is 0 Å². The number of aromatic nitrogens is 1. The molecule has 0 amide bonds. The van der Waals surface area contributed by atoms with Crippen molar-refractivity contribution in [1.29, 1.82) is 0 Å². The summed E-state index contributed by atoms with van der Waals surface area (Å²) < 4.78 is 0. The lowest BCUT2D eigenvalue weighted by atomic mass is 10.1. The Balaban J connectivity index is 1.81. The molecule has 3 nitrogen and oxygen atoms in total. The summed E-state index contributed by atoms with van der Waals surface area (Å²) in [5.41, 5.74) is 10.2. The van der Waals surface area contributed by atoms with Crippen LogP contribution in [0.25, 0.3) is 0 Å². The van der Waals surface area contributed by atoms with Crippen molar-refractivity contribution in [2.75, 3.05) is 17.6 Å². The molecule has 0 atom stereocenters. The first-order valence-electron chi connectivity index (χ1n) is 7.39.